The van der Waals surface area contributed by atoms with Gasteiger partial charge >= 0.3 is 0 Å². The molecule has 0 heterocycles. The molecular formula is C21H17Br2NO. The summed E-state index contributed by atoms with van der Waals surface area (Å²) in [6.45, 7) is 0. The van der Waals surface area contributed by atoms with Crippen LogP contribution >= 0.6 is 31.9 Å². The van der Waals surface area contributed by atoms with Crippen LogP contribution in [0.3, 0.4) is 0 Å². The van der Waals surface area contributed by atoms with Crippen molar-refractivity contribution in [1.29, 1.82) is 0 Å². The lowest BCUT2D eigenvalue weighted by Crippen LogP contribution is -2.15. The Bertz CT molecular complexity index is 780. The normalized spacial score (nSPS) is 11.8. The van der Waals surface area contributed by atoms with Crippen molar-refractivity contribution in [3.63, 3.8) is 0 Å². The molecular weight excluding hydrogens is 442 g/mol. The largest absolute Gasteiger partial charge is 0.311 e. The maximum atomic E-state index is 12.3. The summed E-state index contributed by atoms with van der Waals surface area (Å²) in [6, 6.07) is 28.1. The Morgan fingerprint density at radius 3 is 1.64 bits per heavy atom. The Balaban J connectivity index is 1.99. The van der Waals surface area contributed by atoms with Gasteiger partial charge in [0.1, 0.15) is 0 Å². The van der Waals surface area contributed by atoms with Gasteiger partial charge in [0.05, 0.1) is 4.83 Å². The number of hydrogen-bond acceptors (Lipinski definition) is 2. The number of alkyl halides is 2. The van der Waals surface area contributed by atoms with Crippen LogP contribution in [0, 0.1) is 0 Å². The molecule has 0 amide bonds. The quantitative estimate of drug-likeness (QED) is 0.310. The van der Waals surface area contributed by atoms with Crippen molar-refractivity contribution < 1.29 is 4.79 Å². The average molecular weight is 459 g/mol. The van der Waals surface area contributed by atoms with Crippen molar-refractivity contribution >= 4 is 54.7 Å². The van der Waals surface area contributed by atoms with E-state index in [0.29, 0.717) is 10.9 Å². The third kappa shape index (κ3) is 4.20. The van der Waals surface area contributed by atoms with E-state index < -0.39 is 0 Å². The molecule has 25 heavy (non-hydrogen) atoms. The van der Waals surface area contributed by atoms with Gasteiger partial charge in [0, 0.05) is 28.0 Å². The number of rotatable bonds is 6. The molecule has 0 N–H and O–H groups in total. The molecule has 2 nitrogen and oxygen atoms in total. The smallest absolute Gasteiger partial charge is 0.177 e. The summed E-state index contributed by atoms with van der Waals surface area (Å²) in [5.74, 6) is 0.0781. The second-order valence-electron chi connectivity index (χ2n) is 5.54. The molecule has 3 aromatic carbocycles. The third-order valence-corrected chi connectivity index (χ3v) is 6.11. The summed E-state index contributed by atoms with van der Waals surface area (Å²) < 4.78 is 0. The average Bonchev–Trinajstić information content (AvgIpc) is 2.69. The van der Waals surface area contributed by atoms with E-state index in [4.69, 9.17) is 0 Å². The molecule has 3 rings (SSSR count). The Kier molecular flexibility index (Phi) is 6.05. The fraction of sp³-hybridized carbons (Fsp3) is 0.0952. The number of carbonyl (C=O) groups excluding carboxylic acids is 1. The maximum Gasteiger partial charge on any atom is 0.177 e. The molecule has 0 spiro atoms. The van der Waals surface area contributed by atoms with Gasteiger partial charge in [0.2, 0.25) is 0 Å². The van der Waals surface area contributed by atoms with Gasteiger partial charge < -0.3 is 4.90 Å². The van der Waals surface area contributed by atoms with Gasteiger partial charge in [-0.2, -0.15) is 0 Å². The molecule has 0 aliphatic rings. The predicted octanol–water partition coefficient (Wildman–Crippen LogP) is 6.50. The molecule has 3 aromatic rings. The summed E-state index contributed by atoms with van der Waals surface area (Å²) in [5.41, 5.74) is 3.86. The van der Waals surface area contributed by atoms with Gasteiger partial charge in [-0.25, -0.2) is 0 Å². The number of nitrogens with zero attached hydrogens (tertiary/aromatic N) is 1. The second kappa shape index (κ2) is 8.45. The van der Waals surface area contributed by atoms with Crippen molar-refractivity contribution in [2.24, 2.45) is 0 Å². The maximum absolute atomic E-state index is 12.3. The van der Waals surface area contributed by atoms with Crippen LogP contribution in [0.4, 0.5) is 17.1 Å². The van der Waals surface area contributed by atoms with Crippen LogP contribution in [-0.4, -0.2) is 15.9 Å². The second-order valence-corrected chi connectivity index (χ2v) is 7.29. The predicted molar refractivity (Wildman–Crippen MR) is 112 cm³/mol. The fourth-order valence-electron chi connectivity index (χ4n) is 2.63. The topological polar surface area (TPSA) is 20.3 Å². The zero-order valence-electron chi connectivity index (χ0n) is 13.5. The van der Waals surface area contributed by atoms with Crippen molar-refractivity contribution in [2.75, 3.05) is 10.2 Å². The molecule has 0 aromatic heterocycles. The molecule has 4 heteroatoms. The molecule has 0 aliphatic carbocycles. The number of para-hydroxylation sites is 2. The third-order valence-electron chi connectivity index (χ3n) is 3.86. The molecule has 126 valence electrons. The number of hydrogen-bond donors (Lipinski definition) is 0. The van der Waals surface area contributed by atoms with Crippen LogP contribution in [0.2, 0.25) is 0 Å². The van der Waals surface area contributed by atoms with Gasteiger partial charge in [0.25, 0.3) is 0 Å². The van der Waals surface area contributed by atoms with E-state index in [-0.39, 0.29) is 10.6 Å². The minimum atomic E-state index is -0.210. The molecule has 0 aliphatic heterocycles. The number of benzene rings is 3. The minimum Gasteiger partial charge on any atom is -0.311 e. The SMILES string of the molecule is O=C(c1ccc(N(c2ccccc2)c2ccccc2)cc1)C(Br)CBr. The van der Waals surface area contributed by atoms with E-state index in [0.717, 1.165) is 17.1 Å². The number of ketones is 1. The Hall–Kier alpha value is -1.91. The molecule has 0 saturated heterocycles. The van der Waals surface area contributed by atoms with Crippen LogP contribution in [-0.2, 0) is 0 Å². The lowest BCUT2D eigenvalue weighted by Gasteiger charge is -2.25. The highest BCUT2D eigenvalue weighted by Gasteiger charge is 2.17. The highest BCUT2D eigenvalue weighted by Crippen LogP contribution is 2.34. The van der Waals surface area contributed by atoms with E-state index in [1.165, 1.54) is 0 Å². The van der Waals surface area contributed by atoms with Crippen molar-refractivity contribution in [2.45, 2.75) is 4.83 Å². The molecule has 1 unspecified atom stereocenters. The van der Waals surface area contributed by atoms with E-state index in [9.17, 15) is 4.79 Å². The number of Topliss-reactive ketones (excluding diaryl/α,β-unsaturated/α-hetero) is 1. The Morgan fingerprint density at radius 2 is 1.20 bits per heavy atom. The van der Waals surface area contributed by atoms with Crippen molar-refractivity contribution in [3.8, 4) is 0 Å². The van der Waals surface area contributed by atoms with Gasteiger partial charge in [-0.3, -0.25) is 4.79 Å². The summed E-state index contributed by atoms with van der Waals surface area (Å²) in [4.78, 5) is 14.3. The number of halogens is 2. The van der Waals surface area contributed by atoms with Crippen LogP contribution in [0.25, 0.3) is 0 Å². The Morgan fingerprint density at radius 1 is 0.760 bits per heavy atom. The lowest BCUT2D eigenvalue weighted by molar-refractivity contribution is 0.0997. The van der Waals surface area contributed by atoms with Crippen LogP contribution < -0.4 is 4.90 Å². The summed E-state index contributed by atoms with van der Waals surface area (Å²) in [6.07, 6.45) is 0. The van der Waals surface area contributed by atoms with Gasteiger partial charge in [-0.15, -0.1) is 0 Å². The molecule has 1 atom stereocenters. The van der Waals surface area contributed by atoms with E-state index >= 15 is 0 Å². The first-order valence-electron chi connectivity index (χ1n) is 7.95. The molecule has 0 bridgehead atoms. The van der Waals surface area contributed by atoms with Gasteiger partial charge in [0.15, 0.2) is 5.78 Å². The van der Waals surface area contributed by atoms with Gasteiger partial charge in [-0.1, -0.05) is 68.3 Å². The van der Waals surface area contributed by atoms with Crippen molar-refractivity contribution in [3.05, 3.63) is 90.5 Å². The standard InChI is InChI=1S/C21H17Br2NO/c22-15-20(23)21(25)16-11-13-19(14-12-16)24(17-7-3-1-4-8-17)18-9-5-2-6-10-18/h1-14,20H,15H2. The first-order valence-corrected chi connectivity index (χ1v) is 9.99. The summed E-state index contributed by atoms with van der Waals surface area (Å²) in [5, 5.41) is 0.591. The highest BCUT2D eigenvalue weighted by atomic mass is 79.9. The van der Waals surface area contributed by atoms with E-state index in [1.807, 2.05) is 60.7 Å². The highest BCUT2D eigenvalue weighted by molar-refractivity contribution is 9.12. The van der Waals surface area contributed by atoms with E-state index in [1.54, 1.807) is 0 Å². The van der Waals surface area contributed by atoms with E-state index in [2.05, 4.69) is 61.0 Å². The molecule has 0 radical (unpaired) electrons. The molecule has 0 fully saturated rings. The monoisotopic (exact) mass is 457 g/mol. The summed E-state index contributed by atoms with van der Waals surface area (Å²) in [7, 11) is 0. The zero-order valence-corrected chi connectivity index (χ0v) is 16.7. The van der Waals surface area contributed by atoms with Crippen LogP contribution in [0.5, 0.6) is 0 Å². The van der Waals surface area contributed by atoms with Crippen LogP contribution in [0.15, 0.2) is 84.9 Å². The fourth-order valence-corrected chi connectivity index (χ4v) is 3.19. The number of anilines is 3. The minimum absolute atomic E-state index is 0.0781. The summed E-state index contributed by atoms with van der Waals surface area (Å²) >= 11 is 6.73. The lowest BCUT2D eigenvalue weighted by atomic mass is 10.1. The van der Waals surface area contributed by atoms with Crippen molar-refractivity contribution in [1.82, 2.24) is 0 Å². The first kappa shape index (κ1) is 17.9. The first-order chi connectivity index (χ1) is 12.2. The van der Waals surface area contributed by atoms with Crippen LogP contribution in [0.1, 0.15) is 10.4 Å². The Labute approximate surface area is 164 Å². The molecule has 0 saturated carbocycles. The van der Waals surface area contributed by atoms with Gasteiger partial charge in [-0.05, 0) is 48.5 Å². The number of carbonyl (C=O) groups is 1. The zero-order chi connectivity index (χ0) is 17.6.